The Kier molecular flexibility index (Phi) is 4.90. The molecule has 1 N–H and O–H groups in total. The fourth-order valence-corrected chi connectivity index (χ4v) is 4.02. The standard InChI is InChI=1S/C19H19ClN2O3S/c1-4-5-14-21-16-15(17(23)22(14)19(2,3)18(24)25)13(10-26-16)11-6-8-12(20)9-7-11/h6-10H,4-5H2,1-3H3,(H,24,25). The van der Waals surface area contributed by atoms with Gasteiger partial charge in [0, 0.05) is 22.4 Å². The lowest BCUT2D eigenvalue weighted by atomic mass is 10.0. The van der Waals surface area contributed by atoms with Crippen molar-refractivity contribution < 1.29 is 9.90 Å². The average Bonchev–Trinajstić information content (AvgIpc) is 3.00. The quantitative estimate of drug-likeness (QED) is 0.693. The number of aliphatic carboxylic acids is 1. The molecule has 3 aromatic rings. The molecular formula is C19H19ClN2O3S. The van der Waals surface area contributed by atoms with Crippen LogP contribution in [0.2, 0.25) is 5.02 Å². The SMILES string of the molecule is CCCc1nc2scc(-c3ccc(Cl)cc3)c2c(=O)n1C(C)(C)C(=O)O. The van der Waals surface area contributed by atoms with E-state index < -0.39 is 11.5 Å². The maximum Gasteiger partial charge on any atom is 0.329 e. The smallest absolute Gasteiger partial charge is 0.329 e. The summed E-state index contributed by atoms with van der Waals surface area (Å²) in [5.41, 5.74) is -0.112. The summed E-state index contributed by atoms with van der Waals surface area (Å²) < 4.78 is 1.33. The van der Waals surface area contributed by atoms with E-state index in [2.05, 4.69) is 4.98 Å². The molecule has 0 spiro atoms. The summed E-state index contributed by atoms with van der Waals surface area (Å²) in [4.78, 5) is 30.4. The van der Waals surface area contributed by atoms with Gasteiger partial charge in [0.1, 0.15) is 16.2 Å². The van der Waals surface area contributed by atoms with Crippen molar-refractivity contribution >= 4 is 39.1 Å². The van der Waals surface area contributed by atoms with Crippen LogP contribution in [0, 0.1) is 0 Å². The summed E-state index contributed by atoms with van der Waals surface area (Å²) in [6, 6.07) is 7.21. The molecule has 0 aliphatic carbocycles. The van der Waals surface area contributed by atoms with Gasteiger partial charge in [-0.2, -0.15) is 0 Å². The number of thiophene rings is 1. The number of hydrogen-bond acceptors (Lipinski definition) is 4. The molecule has 0 unspecified atom stereocenters. The summed E-state index contributed by atoms with van der Waals surface area (Å²) in [5, 5.41) is 12.6. The fraction of sp³-hybridized carbons (Fsp3) is 0.316. The topological polar surface area (TPSA) is 72.2 Å². The maximum absolute atomic E-state index is 13.3. The summed E-state index contributed by atoms with van der Waals surface area (Å²) >= 11 is 7.35. The highest BCUT2D eigenvalue weighted by molar-refractivity contribution is 7.17. The third-order valence-corrected chi connectivity index (χ3v) is 5.51. The largest absolute Gasteiger partial charge is 0.480 e. The van der Waals surface area contributed by atoms with E-state index in [1.807, 2.05) is 24.4 Å². The highest BCUT2D eigenvalue weighted by atomic mass is 35.5. The lowest BCUT2D eigenvalue weighted by Gasteiger charge is -2.25. The number of rotatable bonds is 5. The number of carboxylic acid groups (broad SMARTS) is 1. The molecule has 0 saturated heterocycles. The van der Waals surface area contributed by atoms with Crippen molar-refractivity contribution in [1.29, 1.82) is 0 Å². The molecule has 136 valence electrons. The Morgan fingerprint density at radius 2 is 1.96 bits per heavy atom. The fourth-order valence-electron chi connectivity index (χ4n) is 2.94. The molecule has 5 nitrogen and oxygen atoms in total. The first-order valence-corrected chi connectivity index (χ1v) is 9.56. The minimum atomic E-state index is -1.39. The van der Waals surface area contributed by atoms with Gasteiger partial charge in [0.25, 0.3) is 5.56 Å². The van der Waals surface area contributed by atoms with Crippen molar-refractivity contribution in [3.63, 3.8) is 0 Å². The van der Waals surface area contributed by atoms with Crippen LogP contribution in [0.5, 0.6) is 0 Å². The van der Waals surface area contributed by atoms with E-state index in [0.29, 0.717) is 27.5 Å². The van der Waals surface area contributed by atoms with Crippen LogP contribution in [0.25, 0.3) is 21.3 Å². The zero-order valence-electron chi connectivity index (χ0n) is 14.7. The Morgan fingerprint density at radius 1 is 1.31 bits per heavy atom. The van der Waals surface area contributed by atoms with Crippen molar-refractivity contribution in [2.24, 2.45) is 0 Å². The van der Waals surface area contributed by atoms with Gasteiger partial charge in [-0.15, -0.1) is 11.3 Å². The minimum absolute atomic E-state index is 0.322. The third-order valence-electron chi connectivity index (χ3n) is 4.39. The molecule has 0 atom stereocenters. The lowest BCUT2D eigenvalue weighted by Crippen LogP contribution is -2.44. The number of aryl methyl sites for hydroxylation is 1. The Hall–Kier alpha value is -2.18. The van der Waals surface area contributed by atoms with Gasteiger partial charge in [0.2, 0.25) is 0 Å². The van der Waals surface area contributed by atoms with Crippen LogP contribution in [-0.2, 0) is 16.8 Å². The molecule has 3 rings (SSSR count). The lowest BCUT2D eigenvalue weighted by molar-refractivity contribution is -0.146. The van der Waals surface area contributed by atoms with Gasteiger partial charge in [-0.05, 0) is 38.0 Å². The number of aromatic nitrogens is 2. The molecule has 26 heavy (non-hydrogen) atoms. The van der Waals surface area contributed by atoms with Gasteiger partial charge >= 0.3 is 5.97 Å². The van der Waals surface area contributed by atoms with Gasteiger partial charge in [-0.25, -0.2) is 9.78 Å². The van der Waals surface area contributed by atoms with E-state index in [-0.39, 0.29) is 5.56 Å². The van der Waals surface area contributed by atoms with Crippen LogP contribution in [-0.4, -0.2) is 20.6 Å². The first-order chi connectivity index (χ1) is 12.3. The van der Waals surface area contributed by atoms with Crippen LogP contribution in [0.15, 0.2) is 34.4 Å². The molecule has 2 aromatic heterocycles. The number of carboxylic acids is 1. The molecular weight excluding hydrogens is 372 g/mol. The number of carbonyl (C=O) groups is 1. The highest BCUT2D eigenvalue weighted by Gasteiger charge is 2.34. The molecule has 0 radical (unpaired) electrons. The van der Waals surface area contributed by atoms with Crippen LogP contribution < -0.4 is 5.56 Å². The predicted molar refractivity (Wildman–Crippen MR) is 105 cm³/mol. The molecule has 0 fully saturated rings. The number of nitrogens with zero attached hydrogens (tertiary/aromatic N) is 2. The highest BCUT2D eigenvalue weighted by Crippen LogP contribution is 2.32. The van der Waals surface area contributed by atoms with Crippen LogP contribution in [0.1, 0.15) is 33.0 Å². The van der Waals surface area contributed by atoms with Gasteiger partial charge in [-0.3, -0.25) is 9.36 Å². The van der Waals surface area contributed by atoms with E-state index in [9.17, 15) is 14.7 Å². The molecule has 2 heterocycles. The monoisotopic (exact) mass is 390 g/mol. The Morgan fingerprint density at radius 3 is 2.54 bits per heavy atom. The molecule has 1 aromatic carbocycles. The van der Waals surface area contributed by atoms with Crippen molar-refractivity contribution in [2.45, 2.75) is 39.2 Å². The molecule has 7 heteroatoms. The minimum Gasteiger partial charge on any atom is -0.480 e. The Bertz CT molecular complexity index is 1040. The van der Waals surface area contributed by atoms with Crippen LogP contribution >= 0.6 is 22.9 Å². The maximum atomic E-state index is 13.3. The summed E-state index contributed by atoms with van der Waals surface area (Å²) in [6.07, 6.45) is 1.30. The second-order valence-corrected chi connectivity index (χ2v) is 7.91. The summed E-state index contributed by atoms with van der Waals surface area (Å²) in [5.74, 6) is -0.566. The Labute approximate surface area is 159 Å². The van der Waals surface area contributed by atoms with Gasteiger partial charge in [-0.1, -0.05) is 30.7 Å². The summed E-state index contributed by atoms with van der Waals surface area (Å²) in [7, 11) is 0. The number of halogens is 1. The average molecular weight is 391 g/mol. The van der Waals surface area contributed by atoms with Crippen molar-refractivity contribution in [3.05, 3.63) is 50.8 Å². The zero-order chi connectivity index (χ0) is 19.1. The summed E-state index contributed by atoms with van der Waals surface area (Å²) in [6.45, 7) is 5.03. The zero-order valence-corrected chi connectivity index (χ0v) is 16.3. The van der Waals surface area contributed by atoms with Crippen LogP contribution in [0.4, 0.5) is 0 Å². The molecule has 0 bridgehead atoms. The van der Waals surface area contributed by atoms with E-state index >= 15 is 0 Å². The number of fused-ring (bicyclic) bond motifs is 1. The van der Waals surface area contributed by atoms with E-state index in [1.54, 1.807) is 12.1 Å². The Balaban J connectivity index is 2.36. The van der Waals surface area contributed by atoms with Crippen LogP contribution in [0.3, 0.4) is 0 Å². The second kappa shape index (κ2) is 6.85. The molecule has 0 aliphatic heterocycles. The predicted octanol–water partition coefficient (Wildman–Crippen LogP) is 4.55. The third kappa shape index (κ3) is 3.04. The normalized spacial score (nSPS) is 11.8. The van der Waals surface area contributed by atoms with Crippen molar-refractivity contribution in [3.8, 4) is 11.1 Å². The van der Waals surface area contributed by atoms with E-state index in [0.717, 1.165) is 17.5 Å². The van der Waals surface area contributed by atoms with Crippen molar-refractivity contribution in [1.82, 2.24) is 9.55 Å². The van der Waals surface area contributed by atoms with Crippen molar-refractivity contribution in [2.75, 3.05) is 0 Å². The first-order valence-electron chi connectivity index (χ1n) is 8.30. The second-order valence-electron chi connectivity index (χ2n) is 6.62. The van der Waals surface area contributed by atoms with Gasteiger partial charge < -0.3 is 5.11 Å². The number of hydrogen-bond donors (Lipinski definition) is 1. The van der Waals surface area contributed by atoms with Gasteiger partial charge in [0.15, 0.2) is 0 Å². The molecule has 0 amide bonds. The molecule has 0 saturated carbocycles. The first kappa shape index (κ1) is 18.6. The molecule has 0 aliphatic rings. The van der Waals surface area contributed by atoms with E-state index in [4.69, 9.17) is 11.6 Å². The number of benzene rings is 1. The van der Waals surface area contributed by atoms with E-state index in [1.165, 1.54) is 29.8 Å². The van der Waals surface area contributed by atoms with Gasteiger partial charge in [0.05, 0.1) is 5.39 Å².